The van der Waals surface area contributed by atoms with Crippen LogP contribution in [0.4, 0.5) is 0 Å². The number of carbonyl (C=O) groups excluding carboxylic acids is 1. The van der Waals surface area contributed by atoms with Crippen molar-refractivity contribution in [1.82, 2.24) is 4.68 Å². The van der Waals surface area contributed by atoms with Crippen LogP contribution in [-0.4, -0.2) is 30.9 Å². The highest BCUT2D eigenvalue weighted by atomic mass is 35.5. The zero-order valence-electron chi connectivity index (χ0n) is 11.9. The summed E-state index contributed by atoms with van der Waals surface area (Å²) < 4.78 is 31.1. The van der Waals surface area contributed by atoms with Crippen LogP contribution in [-0.2, 0) is 19.6 Å². The molecule has 1 heterocycles. The predicted octanol–water partition coefficient (Wildman–Crippen LogP) is 2.71. The van der Waals surface area contributed by atoms with E-state index in [4.69, 9.17) is 27.9 Å². The van der Waals surface area contributed by atoms with Crippen molar-refractivity contribution in [2.75, 3.05) is 11.4 Å². The maximum absolute atomic E-state index is 12.6. The quantitative estimate of drug-likeness (QED) is 0.812. The highest BCUT2D eigenvalue weighted by Crippen LogP contribution is 2.27. The van der Waals surface area contributed by atoms with Gasteiger partial charge in [-0.25, -0.2) is 22.7 Å². The van der Waals surface area contributed by atoms with Crippen LogP contribution in [0.15, 0.2) is 23.8 Å². The number of hydrogen-bond acceptors (Lipinski definition) is 4. The van der Waals surface area contributed by atoms with Crippen molar-refractivity contribution in [3.05, 3.63) is 34.1 Å². The summed E-state index contributed by atoms with van der Waals surface area (Å²) in [5, 5.41) is -0.730. The van der Waals surface area contributed by atoms with Crippen molar-refractivity contribution in [3.63, 3.8) is 0 Å². The second-order valence-electron chi connectivity index (χ2n) is 4.75. The van der Waals surface area contributed by atoms with Gasteiger partial charge in [-0.3, -0.25) is 0 Å². The van der Waals surface area contributed by atoms with Crippen LogP contribution in [0.1, 0.15) is 26.2 Å². The molecule has 1 aromatic rings. The Kier molecular flexibility index (Phi) is 5.41. The monoisotopic (exact) mass is 366 g/mol. The van der Waals surface area contributed by atoms with Crippen LogP contribution in [0.2, 0.25) is 10.3 Å². The van der Waals surface area contributed by atoms with Crippen LogP contribution in [0.3, 0.4) is 0 Å². The van der Waals surface area contributed by atoms with Gasteiger partial charge in [-0.15, -0.1) is 0 Å². The average Bonchev–Trinajstić information content (AvgIpc) is 2.79. The molecule has 1 aliphatic carbocycles. The smallest absolute Gasteiger partial charge is 0.335 e. The number of sulfonamides is 1. The van der Waals surface area contributed by atoms with E-state index < -0.39 is 21.2 Å². The first-order valence-corrected chi connectivity index (χ1v) is 9.08. The highest BCUT2D eigenvalue weighted by Gasteiger charge is 2.35. The number of esters is 1. The summed E-state index contributed by atoms with van der Waals surface area (Å²) in [5.74, 6) is -0.609. The van der Waals surface area contributed by atoms with Crippen molar-refractivity contribution in [1.29, 1.82) is 0 Å². The topological polar surface area (TPSA) is 77.4 Å². The number of ether oxygens (including phenoxy) is 1. The summed E-state index contributed by atoms with van der Waals surface area (Å²) in [7, 11) is -3.89. The van der Waals surface area contributed by atoms with E-state index in [2.05, 4.69) is 4.83 Å². The van der Waals surface area contributed by atoms with Gasteiger partial charge in [0.15, 0.2) is 0 Å². The van der Waals surface area contributed by atoms with Crippen molar-refractivity contribution < 1.29 is 17.9 Å². The van der Waals surface area contributed by atoms with E-state index >= 15 is 0 Å². The van der Waals surface area contributed by atoms with Gasteiger partial charge in [0.05, 0.1) is 12.2 Å². The van der Waals surface area contributed by atoms with Gasteiger partial charge >= 0.3 is 5.97 Å². The molecule has 1 unspecified atom stereocenters. The molecule has 1 atom stereocenters. The SMILES string of the molecule is CCOC(=O)C1=CCCCC1S(=O)(=O)Nn1c(Cl)ccc1Cl. The number of carbonyl (C=O) groups is 1. The standard InChI is InChI=1S/C13H16Cl2N2O4S/c1-2-21-13(18)9-5-3-4-6-10(9)22(19,20)16-17-11(14)7-8-12(17)15/h5,7-8,10,16H,2-4,6H2,1H3. The largest absolute Gasteiger partial charge is 0.463 e. The lowest BCUT2D eigenvalue weighted by Crippen LogP contribution is -2.38. The van der Waals surface area contributed by atoms with Gasteiger partial charge in [-0.1, -0.05) is 29.3 Å². The van der Waals surface area contributed by atoms with Gasteiger partial charge in [0.1, 0.15) is 15.6 Å². The molecule has 9 heteroatoms. The number of hydrogen-bond donors (Lipinski definition) is 1. The zero-order valence-corrected chi connectivity index (χ0v) is 14.2. The van der Waals surface area contributed by atoms with E-state index in [0.29, 0.717) is 19.3 Å². The fourth-order valence-corrected chi connectivity index (χ4v) is 4.38. The Bertz CT molecular complexity index is 677. The summed E-state index contributed by atoms with van der Waals surface area (Å²) in [4.78, 5) is 14.3. The minimum absolute atomic E-state index is 0.131. The summed E-state index contributed by atoms with van der Waals surface area (Å²) in [6.45, 7) is 1.86. The minimum atomic E-state index is -3.89. The van der Waals surface area contributed by atoms with E-state index in [1.165, 1.54) is 12.1 Å². The second-order valence-corrected chi connectivity index (χ2v) is 7.37. The van der Waals surface area contributed by atoms with Crippen LogP contribution in [0.25, 0.3) is 0 Å². The number of aromatic nitrogens is 1. The maximum atomic E-state index is 12.6. The summed E-state index contributed by atoms with van der Waals surface area (Å²) in [6, 6.07) is 2.94. The molecule has 0 saturated carbocycles. The molecule has 0 saturated heterocycles. The third-order valence-corrected chi connectivity index (χ3v) is 5.54. The Hall–Kier alpha value is -1.18. The average molecular weight is 367 g/mol. The summed E-state index contributed by atoms with van der Waals surface area (Å²) in [6.07, 6.45) is 3.26. The lowest BCUT2D eigenvalue weighted by atomic mass is 9.99. The molecular weight excluding hydrogens is 351 g/mol. The third kappa shape index (κ3) is 3.59. The van der Waals surface area contributed by atoms with Crippen LogP contribution in [0, 0.1) is 0 Å². The van der Waals surface area contributed by atoms with Crippen LogP contribution in [0.5, 0.6) is 0 Å². The molecule has 2 rings (SSSR count). The fraction of sp³-hybridized carbons (Fsp3) is 0.462. The number of halogens is 2. The molecule has 0 spiro atoms. The Morgan fingerprint density at radius 1 is 1.41 bits per heavy atom. The Morgan fingerprint density at radius 2 is 2.05 bits per heavy atom. The zero-order chi connectivity index (χ0) is 16.3. The van der Waals surface area contributed by atoms with Crippen molar-refractivity contribution >= 4 is 39.2 Å². The second kappa shape index (κ2) is 6.93. The number of rotatable bonds is 5. The van der Waals surface area contributed by atoms with E-state index in [9.17, 15) is 13.2 Å². The molecule has 0 amide bonds. The molecule has 0 radical (unpaired) electrons. The molecule has 1 N–H and O–H groups in total. The van der Waals surface area contributed by atoms with Gasteiger partial charge in [-0.2, -0.15) is 0 Å². The summed E-state index contributed by atoms with van der Waals surface area (Å²) >= 11 is 11.8. The molecule has 0 fully saturated rings. The molecule has 22 heavy (non-hydrogen) atoms. The predicted molar refractivity (Wildman–Crippen MR) is 85.1 cm³/mol. The lowest BCUT2D eigenvalue weighted by molar-refractivity contribution is -0.138. The van der Waals surface area contributed by atoms with Crippen LogP contribution >= 0.6 is 23.2 Å². The van der Waals surface area contributed by atoms with E-state index in [1.807, 2.05) is 0 Å². The Labute approximate surface area is 139 Å². The first kappa shape index (κ1) is 17.2. The highest BCUT2D eigenvalue weighted by molar-refractivity contribution is 7.93. The molecule has 6 nitrogen and oxygen atoms in total. The Balaban J connectivity index is 2.29. The lowest BCUT2D eigenvalue weighted by Gasteiger charge is -2.24. The van der Waals surface area contributed by atoms with Gasteiger partial charge < -0.3 is 4.74 Å². The number of nitrogens with zero attached hydrogens (tertiary/aromatic N) is 1. The maximum Gasteiger partial charge on any atom is 0.335 e. The molecule has 1 aromatic heterocycles. The molecule has 0 aliphatic heterocycles. The number of nitrogens with one attached hydrogen (secondary N) is 1. The normalized spacial score (nSPS) is 18.7. The molecular formula is C13H16Cl2N2O4S. The van der Waals surface area contributed by atoms with Gasteiger partial charge in [-0.05, 0) is 38.3 Å². The number of allylic oxidation sites excluding steroid dienone is 1. The molecule has 1 aliphatic rings. The van der Waals surface area contributed by atoms with E-state index in [0.717, 1.165) is 4.68 Å². The van der Waals surface area contributed by atoms with Crippen molar-refractivity contribution in [3.8, 4) is 0 Å². The van der Waals surface area contributed by atoms with Crippen molar-refractivity contribution in [2.45, 2.75) is 31.4 Å². The van der Waals surface area contributed by atoms with Crippen molar-refractivity contribution in [2.24, 2.45) is 0 Å². The van der Waals surface area contributed by atoms with E-state index in [-0.39, 0.29) is 22.5 Å². The first-order valence-electron chi connectivity index (χ1n) is 6.78. The van der Waals surface area contributed by atoms with Gasteiger partial charge in [0.25, 0.3) is 10.0 Å². The third-order valence-electron chi connectivity index (χ3n) is 3.27. The minimum Gasteiger partial charge on any atom is -0.463 e. The fourth-order valence-electron chi connectivity index (χ4n) is 2.27. The van der Waals surface area contributed by atoms with Gasteiger partial charge in [0, 0.05) is 0 Å². The first-order chi connectivity index (χ1) is 10.4. The van der Waals surface area contributed by atoms with Gasteiger partial charge in [0.2, 0.25) is 0 Å². The Morgan fingerprint density at radius 3 is 2.64 bits per heavy atom. The molecule has 122 valence electrons. The molecule has 0 bridgehead atoms. The van der Waals surface area contributed by atoms with E-state index in [1.54, 1.807) is 13.0 Å². The summed E-state index contributed by atoms with van der Waals surface area (Å²) in [5.41, 5.74) is 0.153. The molecule has 0 aromatic carbocycles. The van der Waals surface area contributed by atoms with Crippen LogP contribution < -0.4 is 4.83 Å².